The van der Waals surface area contributed by atoms with Crippen molar-refractivity contribution < 1.29 is 18.0 Å². The van der Waals surface area contributed by atoms with Gasteiger partial charge in [-0.25, -0.2) is 4.98 Å². The highest BCUT2D eigenvalue weighted by molar-refractivity contribution is 5.78. The molecule has 1 saturated heterocycles. The minimum atomic E-state index is -4.37. The highest BCUT2D eigenvalue weighted by Gasteiger charge is 2.31. The van der Waals surface area contributed by atoms with Crippen molar-refractivity contribution in [3.63, 3.8) is 0 Å². The van der Waals surface area contributed by atoms with Gasteiger partial charge in [0.25, 0.3) is 0 Å². The van der Waals surface area contributed by atoms with Gasteiger partial charge in [-0.1, -0.05) is 13.3 Å². The normalized spacial score (nSPS) is 17.7. The smallest absolute Gasteiger partial charge is 0.355 e. The molecule has 1 aromatic rings. The molecule has 1 aromatic heterocycles. The van der Waals surface area contributed by atoms with Crippen molar-refractivity contribution in [1.29, 1.82) is 0 Å². The first-order valence-corrected chi connectivity index (χ1v) is 9.09. The summed E-state index contributed by atoms with van der Waals surface area (Å²) >= 11 is 0. The minimum Gasteiger partial charge on any atom is -0.355 e. The van der Waals surface area contributed by atoms with E-state index in [1.807, 2.05) is 11.8 Å². The lowest BCUT2D eigenvalue weighted by atomic mass is 10.2. The van der Waals surface area contributed by atoms with Gasteiger partial charge >= 0.3 is 6.18 Å². The standard InChI is InChI=1S/C18H27F3N4O/c1-3-5-14(2)23-17(26)13-24-8-4-9-25(11-10-24)16-7-6-15(12-22-16)18(19,20)21/h6-7,12,14H,3-5,8-11,13H2,1-2H3,(H,23,26)/t14-/m1/s1. The molecule has 1 N–H and O–H groups in total. The zero-order valence-corrected chi connectivity index (χ0v) is 15.4. The number of pyridine rings is 1. The molecule has 1 aliphatic rings. The Morgan fingerprint density at radius 1 is 1.27 bits per heavy atom. The van der Waals surface area contributed by atoms with E-state index in [1.165, 1.54) is 6.07 Å². The molecule has 1 atom stereocenters. The summed E-state index contributed by atoms with van der Waals surface area (Å²) in [6.07, 6.45) is -0.677. The Labute approximate surface area is 152 Å². The van der Waals surface area contributed by atoms with Crippen LogP contribution >= 0.6 is 0 Å². The van der Waals surface area contributed by atoms with Crippen molar-refractivity contribution in [2.45, 2.75) is 45.3 Å². The van der Waals surface area contributed by atoms with Gasteiger partial charge in [0.15, 0.2) is 0 Å². The van der Waals surface area contributed by atoms with E-state index in [9.17, 15) is 18.0 Å². The number of nitrogens with zero attached hydrogens (tertiary/aromatic N) is 3. The van der Waals surface area contributed by atoms with Gasteiger partial charge in [0.2, 0.25) is 5.91 Å². The SMILES string of the molecule is CCC[C@@H](C)NC(=O)CN1CCCN(c2ccc(C(F)(F)F)cn2)CC1. The third-order valence-corrected chi connectivity index (χ3v) is 4.48. The number of hydrogen-bond donors (Lipinski definition) is 1. The van der Waals surface area contributed by atoms with Crippen molar-refractivity contribution in [2.75, 3.05) is 37.6 Å². The van der Waals surface area contributed by atoms with Gasteiger partial charge in [-0.2, -0.15) is 13.2 Å². The molecule has 0 aliphatic carbocycles. The van der Waals surface area contributed by atoms with Crippen LogP contribution in [-0.2, 0) is 11.0 Å². The predicted octanol–water partition coefficient (Wildman–Crippen LogP) is 2.92. The molecule has 146 valence electrons. The third kappa shape index (κ3) is 6.16. The molecule has 26 heavy (non-hydrogen) atoms. The number of aromatic nitrogens is 1. The van der Waals surface area contributed by atoms with E-state index in [2.05, 4.69) is 22.1 Å². The van der Waals surface area contributed by atoms with Gasteiger partial charge in [0.1, 0.15) is 5.82 Å². The third-order valence-electron chi connectivity index (χ3n) is 4.48. The van der Waals surface area contributed by atoms with Crippen molar-refractivity contribution in [1.82, 2.24) is 15.2 Å². The van der Waals surface area contributed by atoms with Crippen LogP contribution in [0.3, 0.4) is 0 Å². The predicted molar refractivity (Wildman–Crippen MR) is 95.0 cm³/mol. The highest BCUT2D eigenvalue weighted by atomic mass is 19.4. The van der Waals surface area contributed by atoms with E-state index in [4.69, 9.17) is 0 Å². The van der Waals surface area contributed by atoms with E-state index in [0.717, 1.165) is 38.1 Å². The molecule has 0 aromatic carbocycles. The van der Waals surface area contributed by atoms with Crippen molar-refractivity contribution >= 4 is 11.7 Å². The molecule has 1 fully saturated rings. The summed E-state index contributed by atoms with van der Waals surface area (Å²) in [5, 5.41) is 3.00. The second-order valence-electron chi connectivity index (χ2n) is 6.78. The van der Waals surface area contributed by atoms with Crippen LogP contribution < -0.4 is 10.2 Å². The Bertz CT molecular complexity index is 577. The first-order chi connectivity index (χ1) is 12.3. The minimum absolute atomic E-state index is 0.0204. The first-order valence-electron chi connectivity index (χ1n) is 9.09. The number of nitrogens with one attached hydrogen (secondary N) is 1. The first kappa shape index (κ1) is 20.5. The van der Waals surface area contributed by atoms with Crippen LogP contribution in [0.1, 0.15) is 38.7 Å². The van der Waals surface area contributed by atoms with Gasteiger partial charge in [-0.15, -0.1) is 0 Å². The molecule has 1 aliphatic heterocycles. The number of rotatable bonds is 6. The summed E-state index contributed by atoms with van der Waals surface area (Å²) < 4.78 is 37.9. The van der Waals surface area contributed by atoms with Crippen molar-refractivity contribution in [2.24, 2.45) is 0 Å². The Hall–Kier alpha value is -1.83. The fraction of sp³-hybridized carbons (Fsp3) is 0.667. The lowest BCUT2D eigenvalue weighted by molar-refractivity contribution is -0.137. The maximum atomic E-state index is 12.6. The van der Waals surface area contributed by atoms with Crippen LogP contribution in [0.2, 0.25) is 0 Å². The van der Waals surface area contributed by atoms with E-state index in [-0.39, 0.29) is 11.9 Å². The van der Waals surface area contributed by atoms with Crippen molar-refractivity contribution in [3.8, 4) is 0 Å². The monoisotopic (exact) mass is 372 g/mol. The topological polar surface area (TPSA) is 48.5 Å². The number of hydrogen-bond acceptors (Lipinski definition) is 4. The van der Waals surface area contributed by atoms with E-state index in [1.54, 1.807) is 0 Å². The molecule has 0 saturated carbocycles. The maximum absolute atomic E-state index is 12.6. The highest BCUT2D eigenvalue weighted by Crippen LogP contribution is 2.29. The molecule has 2 heterocycles. The largest absolute Gasteiger partial charge is 0.417 e. The molecule has 0 unspecified atom stereocenters. The Morgan fingerprint density at radius 3 is 2.65 bits per heavy atom. The van der Waals surface area contributed by atoms with Crippen molar-refractivity contribution in [3.05, 3.63) is 23.9 Å². The lowest BCUT2D eigenvalue weighted by Gasteiger charge is -2.23. The molecule has 0 spiro atoms. The molecule has 5 nitrogen and oxygen atoms in total. The summed E-state index contributed by atoms with van der Waals surface area (Å²) in [7, 11) is 0. The second-order valence-corrected chi connectivity index (χ2v) is 6.78. The summed E-state index contributed by atoms with van der Waals surface area (Å²) in [4.78, 5) is 20.1. The maximum Gasteiger partial charge on any atom is 0.417 e. The average molecular weight is 372 g/mol. The number of carbonyl (C=O) groups excluding carboxylic acids is 1. The summed E-state index contributed by atoms with van der Waals surface area (Å²) in [5.74, 6) is 0.563. The molecule has 2 rings (SSSR count). The van der Waals surface area contributed by atoms with E-state index < -0.39 is 11.7 Å². The zero-order chi connectivity index (χ0) is 19.2. The number of anilines is 1. The van der Waals surface area contributed by atoms with Gasteiger partial charge < -0.3 is 10.2 Å². The molecule has 8 heteroatoms. The van der Waals surface area contributed by atoms with Crippen LogP contribution in [0, 0.1) is 0 Å². The van der Waals surface area contributed by atoms with Gasteiger partial charge in [-0.05, 0) is 31.9 Å². The Morgan fingerprint density at radius 2 is 2.04 bits per heavy atom. The van der Waals surface area contributed by atoms with Crippen LogP contribution in [-0.4, -0.2) is 54.6 Å². The van der Waals surface area contributed by atoms with Crippen LogP contribution in [0.15, 0.2) is 18.3 Å². The fourth-order valence-electron chi connectivity index (χ4n) is 3.13. The van der Waals surface area contributed by atoms with Crippen LogP contribution in [0.25, 0.3) is 0 Å². The summed E-state index contributed by atoms with van der Waals surface area (Å²) in [6.45, 7) is 7.25. The number of halogens is 3. The molecular formula is C18H27F3N4O. The molecule has 0 radical (unpaired) electrons. The Balaban J connectivity index is 1.86. The zero-order valence-electron chi connectivity index (χ0n) is 15.4. The molecular weight excluding hydrogens is 345 g/mol. The lowest BCUT2D eigenvalue weighted by Crippen LogP contribution is -2.42. The fourth-order valence-corrected chi connectivity index (χ4v) is 3.13. The molecule has 0 bridgehead atoms. The van der Waals surface area contributed by atoms with E-state index >= 15 is 0 Å². The summed E-state index contributed by atoms with van der Waals surface area (Å²) in [6, 6.07) is 2.65. The van der Waals surface area contributed by atoms with Gasteiger partial charge in [-0.3, -0.25) is 9.69 Å². The van der Waals surface area contributed by atoms with Crippen LogP contribution in [0.4, 0.5) is 19.0 Å². The van der Waals surface area contributed by atoms with Crippen LogP contribution in [0.5, 0.6) is 0 Å². The second kappa shape index (κ2) is 9.21. The molecule has 1 amide bonds. The Kier molecular flexibility index (Phi) is 7.25. The number of amides is 1. The summed E-state index contributed by atoms with van der Waals surface area (Å²) in [5.41, 5.74) is -0.740. The van der Waals surface area contributed by atoms with E-state index in [0.29, 0.717) is 32.0 Å². The number of alkyl halides is 3. The van der Waals surface area contributed by atoms with Gasteiger partial charge in [0.05, 0.1) is 12.1 Å². The number of carbonyl (C=O) groups is 1. The quantitative estimate of drug-likeness (QED) is 0.834. The average Bonchev–Trinajstić information content (AvgIpc) is 2.80. The van der Waals surface area contributed by atoms with Gasteiger partial charge in [0, 0.05) is 38.4 Å².